The Balaban J connectivity index is 1.60. The van der Waals surface area contributed by atoms with Crippen LogP contribution >= 0.6 is 0 Å². The molecule has 3 aromatic rings. The Bertz CT molecular complexity index is 1450. The fourth-order valence-corrected chi connectivity index (χ4v) is 5.42. The Morgan fingerprint density at radius 2 is 1.24 bits per heavy atom. The minimum atomic E-state index is 0.0443. The van der Waals surface area contributed by atoms with Crippen LogP contribution in [0.5, 0.6) is 28.7 Å². The number of hydrogen-bond acceptors (Lipinski definition) is 8. The lowest BCUT2D eigenvalue weighted by molar-refractivity contribution is 0.232. The van der Waals surface area contributed by atoms with Gasteiger partial charge in [-0.15, -0.1) is 0 Å². The van der Waals surface area contributed by atoms with E-state index in [0.29, 0.717) is 59.2 Å². The summed E-state index contributed by atoms with van der Waals surface area (Å²) in [4.78, 5) is 4.85. The number of nitrogens with one attached hydrogen (secondary N) is 1. The molecule has 46 heavy (non-hydrogen) atoms. The number of unbranched alkanes of at least 4 members (excludes halogenated alkanes) is 2. The van der Waals surface area contributed by atoms with Crippen LogP contribution in [0.3, 0.4) is 0 Å². The van der Waals surface area contributed by atoms with E-state index in [1.807, 2.05) is 53.7 Å². The molecule has 0 aromatic heterocycles. The average molecular weight is 630 g/mol. The molecule has 2 atom stereocenters. The average Bonchev–Trinajstić information content (AvgIpc) is 3.08. The molecule has 8 heteroatoms. The highest BCUT2D eigenvalue weighted by Gasteiger charge is 2.22. The van der Waals surface area contributed by atoms with Crippen molar-refractivity contribution in [1.29, 1.82) is 0 Å². The molecule has 3 N–H and O–H groups in total. The summed E-state index contributed by atoms with van der Waals surface area (Å²) in [5.41, 5.74) is 5.70. The molecule has 1 aliphatic rings. The zero-order chi connectivity index (χ0) is 32.9. The van der Waals surface area contributed by atoms with Gasteiger partial charge in [0.1, 0.15) is 28.7 Å². The first-order valence-corrected chi connectivity index (χ1v) is 16.8. The number of methoxy groups -OCH3 is 1. The lowest BCUT2D eigenvalue weighted by atomic mass is 10.0. The third-order valence-electron chi connectivity index (χ3n) is 8.59. The largest absolute Gasteiger partial charge is 0.507 e. The van der Waals surface area contributed by atoms with Gasteiger partial charge in [0, 0.05) is 17.7 Å². The molecule has 0 radical (unpaired) electrons. The second-order valence-electron chi connectivity index (χ2n) is 12.0. The Labute approximate surface area is 274 Å². The van der Waals surface area contributed by atoms with Crippen LogP contribution in [0.2, 0.25) is 0 Å². The molecule has 248 valence electrons. The Morgan fingerprint density at radius 1 is 0.717 bits per heavy atom. The van der Waals surface area contributed by atoms with Gasteiger partial charge in [-0.3, -0.25) is 10.4 Å². The van der Waals surface area contributed by atoms with E-state index in [2.05, 4.69) is 33.1 Å². The number of phenolic OH excluding ortho intramolecular Hbond substituents is 2. The number of ether oxygens (including phenoxy) is 3. The predicted octanol–water partition coefficient (Wildman–Crippen LogP) is 9.07. The standard InChI is InChI=1S/C38H51N3O5/c1-6-10-12-27(8-3)25-45-31-18-20-33(36(42)22-31)35-24-41(29-14-16-30(44-5)17-15-29)40-38(39-35)34-21-19-32(23-37(34)43)46-26-28(9-4)13-11-7-2/h14-24,27-28,42-43H,6-13,25-26H2,1-5H3,(H,39,40). The predicted molar refractivity (Wildman–Crippen MR) is 187 cm³/mol. The van der Waals surface area contributed by atoms with E-state index in [9.17, 15) is 10.2 Å². The molecule has 0 aliphatic carbocycles. The number of aliphatic imine (C=N–C) groups is 1. The molecule has 1 heterocycles. The highest BCUT2D eigenvalue weighted by Crippen LogP contribution is 2.35. The van der Waals surface area contributed by atoms with Crippen LogP contribution < -0.4 is 24.6 Å². The van der Waals surface area contributed by atoms with Crippen molar-refractivity contribution in [3.8, 4) is 28.7 Å². The van der Waals surface area contributed by atoms with E-state index in [0.717, 1.165) is 37.1 Å². The number of phenols is 2. The molecule has 3 aromatic carbocycles. The van der Waals surface area contributed by atoms with E-state index in [4.69, 9.17) is 19.2 Å². The number of benzene rings is 3. The second-order valence-corrected chi connectivity index (χ2v) is 12.0. The first kappa shape index (κ1) is 34.5. The molecule has 4 rings (SSSR count). The van der Waals surface area contributed by atoms with Gasteiger partial charge in [0.2, 0.25) is 0 Å². The minimum absolute atomic E-state index is 0.0443. The normalized spacial score (nSPS) is 14.2. The van der Waals surface area contributed by atoms with E-state index in [-0.39, 0.29) is 11.5 Å². The van der Waals surface area contributed by atoms with Crippen LogP contribution in [-0.4, -0.2) is 36.4 Å². The highest BCUT2D eigenvalue weighted by molar-refractivity contribution is 6.06. The zero-order valence-corrected chi connectivity index (χ0v) is 28.1. The number of rotatable bonds is 18. The van der Waals surface area contributed by atoms with Crippen molar-refractivity contribution in [3.05, 3.63) is 78.0 Å². The second kappa shape index (κ2) is 17.4. The summed E-state index contributed by atoms with van der Waals surface area (Å²) < 4.78 is 17.5. The van der Waals surface area contributed by atoms with Gasteiger partial charge >= 0.3 is 0 Å². The fourth-order valence-electron chi connectivity index (χ4n) is 5.42. The lowest BCUT2D eigenvalue weighted by Crippen LogP contribution is -2.41. The molecule has 8 nitrogen and oxygen atoms in total. The maximum Gasteiger partial charge on any atom is 0.156 e. The molecule has 0 saturated carbocycles. The monoisotopic (exact) mass is 629 g/mol. The Morgan fingerprint density at radius 3 is 1.72 bits per heavy atom. The number of nitrogens with zero attached hydrogens (tertiary/aromatic N) is 2. The van der Waals surface area contributed by atoms with Crippen molar-refractivity contribution >= 4 is 17.2 Å². The molecule has 0 bridgehead atoms. The van der Waals surface area contributed by atoms with Crippen molar-refractivity contribution in [2.75, 3.05) is 25.3 Å². The van der Waals surface area contributed by atoms with Gasteiger partial charge in [0.15, 0.2) is 5.84 Å². The van der Waals surface area contributed by atoms with Crippen molar-refractivity contribution in [2.45, 2.75) is 79.1 Å². The molecule has 1 aliphatic heterocycles. The van der Waals surface area contributed by atoms with E-state index in [1.54, 1.807) is 25.3 Å². The SMILES string of the molecule is CCCCC(CC)COc1ccc(C2=CN(c3ccc(OC)cc3)NC(c3ccc(OCC(CC)CCCC)cc3O)=N2)c(O)c1. The van der Waals surface area contributed by atoms with Crippen LogP contribution in [0.25, 0.3) is 5.70 Å². The van der Waals surface area contributed by atoms with Crippen molar-refractivity contribution in [3.63, 3.8) is 0 Å². The number of amidine groups is 1. The summed E-state index contributed by atoms with van der Waals surface area (Å²) in [6, 6.07) is 18.2. The van der Waals surface area contributed by atoms with Crippen LogP contribution in [0.4, 0.5) is 5.69 Å². The van der Waals surface area contributed by atoms with Crippen LogP contribution in [0, 0.1) is 11.8 Å². The Kier molecular flexibility index (Phi) is 13.1. The highest BCUT2D eigenvalue weighted by atomic mass is 16.5. The summed E-state index contributed by atoms with van der Waals surface area (Å²) in [6.07, 6.45) is 10.9. The van der Waals surface area contributed by atoms with Gasteiger partial charge in [-0.1, -0.05) is 66.2 Å². The maximum atomic E-state index is 11.1. The van der Waals surface area contributed by atoms with Crippen LogP contribution in [-0.2, 0) is 0 Å². The molecule has 0 spiro atoms. The number of hydrogen-bond donors (Lipinski definition) is 3. The quantitative estimate of drug-likeness (QED) is 0.129. The van der Waals surface area contributed by atoms with Crippen molar-refractivity contribution in [1.82, 2.24) is 5.43 Å². The van der Waals surface area contributed by atoms with E-state index < -0.39 is 0 Å². The molecular weight excluding hydrogens is 578 g/mol. The lowest BCUT2D eigenvalue weighted by Gasteiger charge is -2.29. The molecule has 0 saturated heterocycles. The Hall–Kier alpha value is -4.33. The third kappa shape index (κ3) is 9.35. The van der Waals surface area contributed by atoms with Crippen molar-refractivity contribution in [2.24, 2.45) is 16.8 Å². The summed E-state index contributed by atoms with van der Waals surface area (Å²) in [6.45, 7) is 10.0. The van der Waals surface area contributed by atoms with Crippen LogP contribution in [0.15, 0.2) is 71.9 Å². The topological polar surface area (TPSA) is 95.8 Å². The van der Waals surface area contributed by atoms with E-state index >= 15 is 0 Å². The van der Waals surface area contributed by atoms with Gasteiger partial charge in [-0.25, -0.2) is 4.99 Å². The first-order chi connectivity index (χ1) is 22.4. The van der Waals surface area contributed by atoms with Gasteiger partial charge < -0.3 is 24.4 Å². The maximum absolute atomic E-state index is 11.1. The molecular formula is C38H51N3O5. The van der Waals surface area contributed by atoms with E-state index in [1.165, 1.54) is 25.7 Å². The summed E-state index contributed by atoms with van der Waals surface area (Å²) in [7, 11) is 1.63. The van der Waals surface area contributed by atoms with Gasteiger partial charge in [-0.2, -0.15) is 0 Å². The zero-order valence-electron chi connectivity index (χ0n) is 28.1. The van der Waals surface area contributed by atoms with Crippen molar-refractivity contribution < 1.29 is 24.4 Å². The number of hydrazine groups is 1. The van der Waals surface area contributed by atoms with Crippen LogP contribution in [0.1, 0.15) is 90.2 Å². The van der Waals surface area contributed by atoms with Gasteiger partial charge in [0.25, 0.3) is 0 Å². The fraction of sp³-hybridized carbons (Fsp3) is 0.447. The number of anilines is 1. The summed E-state index contributed by atoms with van der Waals surface area (Å²) in [5, 5.41) is 24.1. The summed E-state index contributed by atoms with van der Waals surface area (Å²) in [5.74, 6) is 3.47. The van der Waals surface area contributed by atoms with Gasteiger partial charge in [0.05, 0.1) is 43.5 Å². The number of aromatic hydroxyl groups is 2. The first-order valence-electron chi connectivity index (χ1n) is 16.8. The minimum Gasteiger partial charge on any atom is -0.507 e. The molecule has 2 unspecified atom stereocenters. The molecule has 0 amide bonds. The third-order valence-corrected chi connectivity index (χ3v) is 8.59. The smallest absolute Gasteiger partial charge is 0.156 e. The van der Waals surface area contributed by atoms with Gasteiger partial charge in [-0.05, 0) is 73.2 Å². The molecule has 0 fully saturated rings. The summed E-state index contributed by atoms with van der Waals surface area (Å²) >= 11 is 0.